The number of carbonyl (C=O) groups excluding carboxylic acids is 2. The average molecular weight is 213 g/mol. The highest BCUT2D eigenvalue weighted by Gasteiger charge is 2.34. The van der Waals surface area contributed by atoms with Crippen LogP contribution in [0.4, 0.5) is 0 Å². The van der Waals surface area contributed by atoms with E-state index in [1.165, 1.54) is 0 Å². The highest BCUT2D eigenvalue weighted by Crippen LogP contribution is 2.28. The van der Waals surface area contributed by atoms with Crippen molar-refractivity contribution in [2.24, 2.45) is 16.9 Å². The SMILES string of the molecule is CC1(C)CCN(C(=O)C(N)CC(N)=O)C1. The average Bonchev–Trinajstić information content (AvgIpc) is 2.43. The first-order valence-corrected chi connectivity index (χ1v) is 5.14. The molecule has 5 nitrogen and oxygen atoms in total. The van der Waals surface area contributed by atoms with Gasteiger partial charge in [0.05, 0.1) is 12.5 Å². The van der Waals surface area contributed by atoms with Gasteiger partial charge in [-0.3, -0.25) is 9.59 Å². The van der Waals surface area contributed by atoms with Crippen molar-refractivity contribution >= 4 is 11.8 Å². The van der Waals surface area contributed by atoms with Gasteiger partial charge in [0.25, 0.3) is 0 Å². The zero-order valence-electron chi connectivity index (χ0n) is 9.32. The molecule has 1 aliphatic heterocycles. The summed E-state index contributed by atoms with van der Waals surface area (Å²) in [6.45, 7) is 5.65. The molecule has 1 heterocycles. The number of amides is 2. The van der Waals surface area contributed by atoms with E-state index in [0.29, 0.717) is 6.54 Å². The van der Waals surface area contributed by atoms with Crippen molar-refractivity contribution in [3.05, 3.63) is 0 Å². The standard InChI is InChI=1S/C10H19N3O2/c1-10(2)3-4-13(6-10)9(15)7(11)5-8(12)14/h7H,3-6,11H2,1-2H3,(H2,12,14). The summed E-state index contributed by atoms with van der Waals surface area (Å²) in [5.41, 5.74) is 10.7. The van der Waals surface area contributed by atoms with Gasteiger partial charge in [-0.15, -0.1) is 0 Å². The Balaban J connectivity index is 2.51. The normalized spacial score (nSPS) is 21.4. The molecule has 0 aliphatic carbocycles. The second-order valence-corrected chi connectivity index (χ2v) is 4.95. The lowest BCUT2D eigenvalue weighted by Gasteiger charge is -2.22. The fourth-order valence-electron chi connectivity index (χ4n) is 1.84. The Labute approximate surface area is 89.8 Å². The molecule has 86 valence electrons. The highest BCUT2D eigenvalue weighted by atomic mass is 16.2. The molecule has 0 aromatic rings. The summed E-state index contributed by atoms with van der Waals surface area (Å²) in [7, 11) is 0. The van der Waals surface area contributed by atoms with Crippen LogP contribution in [0.3, 0.4) is 0 Å². The number of rotatable bonds is 3. The lowest BCUT2D eigenvalue weighted by atomic mass is 9.93. The van der Waals surface area contributed by atoms with Gasteiger partial charge in [0, 0.05) is 13.1 Å². The summed E-state index contributed by atoms with van der Waals surface area (Å²) in [6.07, 6.45) is 0.901. The van der Waals surface area contributed by atoms with Gasteiger partial charge in [-0.2, -0.15) is 0 Å². The molecule has 1 atom stereocenters. The Morgan fingerprint density at radius 1 is 1.47 bits per heavy atom. The quantitative estimate of drug-likeness (QED) is 0.659. The van der Waals surface area contributed by atoms with E-state index < -0.39 is 11.9 Å². The summed E-state index contributed by atoms with van der Waals surface area (Å²) in [5, 5.41) is 0. The minimum absolute atomic E-state index is 0.0736. The van der Waals surface area contributed by atoms with Gasteiger partial charge in [0.2, 0.25) is 11.8 Å². The molecule has 0 radical (unpaired) electrons. The smallest absolute Gasteiger partial charge is 0.240 e. The van der Waals surface area contributed by atoms with E-state index in [4.69, 9.17) is 11.5 Å². The number of hydrogen-bond acceptors (Lipinski definition) is 3. The molecule has 2 amide bonds. The Morgan fingerprint density at radius 3 is 2.47 bits per heavy atom. The fraction of sp³-hybridized carbons (Fsp3) is 0.800. The monoisotopic (exact) mass is 213 g/mol. The number of likely N-dealkylation sites (tertiary alicyclic amines) is 1. The maximum Gasteiger partial charge on any atom is 0.240 e. The van der Waals surface area contributed by atoms with E-state index in [9.17, 15) is 9.59 Å². The second kappa shape index (κ2) is 4.18. The molecule has 0 aromatic heterocycles. The third-order valence-electron chi connectivity index (χ3n) is 2.73. The van der Waals surface area contributed by atoms with Crippen molar-refractivity contribution in [1.29, 1.82) is 0 Å². The van der Waals surface area contributed by atoms with Crippen LogP contribution in [0.15, 0.2) is 0 Å². The molecule has 5 heteroatoms. The Bertz CT molecular complexity index is 276. The molecule has 1 rings (SSSR count). The lowest BCUT2D eigenvalue weighted by Crippen LogP contribution is -2.45. The van der Waals surface area contributed by atoms with Gasteiger partial charge in [-0.05, 0) is 11.8 Å². The Hall–Kier alpha value is -1.10. The van der Waals surface area contributed by atoms with Crippen molar-refractivity contribution in [1.82, 2.24) is 4.90 Å². The number of hydrogen-bond donors (Lipinski definition) is 2. The van der Waals surface area contributed by atoms with E-state index in [-0.39, 0.29) is 17.7 Å². The largest absolute Gasteiger partial charge is 0.370 e. The minimum Gasteiger partial charge on any atom is -0.370 e. The molecule has 1 saturated heterocycles. The van der Waals surface area contributed by atoms with Crippen molar-refractivity contribution < 1.29 is 9.59 Å². The summed E-state index contributed by atoms with van der Waals surface area (Å²) >= 11 is 0. The van der Waals surface area contributed by atoms with E-state index >= 15 is 0 Å². The van der Waals surface area contributed by atoms with Gasteiger partial charge < -0.3 is 16.4 Å². The Morgan fingerprint density at radius 2 is 2.07 bits per heavy atom. The van der Waals surface area contributed by atoms with Crippen LogP contribution >= 0.6 is 0 Å². The van der Waals surface area contributed by atoms with Crippen LogP contribution in [-0.4, -0.2) is 35.8 Å². The molecule has 15 heavy (non-hydrogen) atoms. The lowest BCUT2D eigenvalue weighted by molar-refractivity contribution is -0.134. The molecule has 1 unspecified atom stereocenters. The van der Waals surface area contributed by atoms with Crippen molar-refractivity contribution in [3.63, 3.8) is 0 Å². The van der Waals surface area contributed by atoms with Crippen LogP contribution in [0, 0.1) is 5.41 Å². The first kappa shape index (κ1) is 12.0. The van der Waals surface area contributed by atoms with E-state index in [1.54, 1.807) is 4.90 Å². The first-order chi connectivity index (χ1) is 6.82. The third-order valence-corrected chi connectivity index (χ3v) is 2.73. The van der Waals surface area contributed by atoms with Gasteiger partial charge in [-0.1, -0.05) is 13.8 Å². The molecule has 1 fully saturated rings. The molecular formula is C10H19N3O2. The zero-order chi connectivity index (χ0) is 11.6. The van der Waals surface area contributed by atoms with Crippen LogP contribution in [-0.2, 0) is 9.59 Å². The topological polar surface area (TPSA) is 89.4 Å². The van der Waals surface area contributed by atoms with Crippen LogP contribution < -0.4 is 11.5 Å². The molecule has 0 saturated carbocycles. The van der Waals surface area contributed by atoms with Gasteiger partial charge in [-0.25, -0.2) is 0 Å². The molecule has 1 aliphatic rings. The predicted molar refractivity (Wildman–Crippen MR) is 56.8 cm³/mol. The number of carbonyl (C=O) groups is 2. The molecule has 0 spiro atoms. The zero-order valence-corrected chi connectivity index (χ0v) is 9.32. The van der Waals surface area contributed by atoms with Crippen LogP contribution in [0.25, 0.3) is 0 Å². The molecule has 4 N–H and O–H groups in total. The summed E-state index contributed by atoms with van der Waals surface area (Å²) in [6, 6.07) is -0.781. The second-order valence-electron chi connectivity index (χ2n) is 4.95. The number of primary amides is 1. The van der Waals surface area contributed by atoms with Crippen molar-refractivity contribution in [3.8, 4) is 0 Å². The van der Waals surface area contributed by atoms with Crippen molar-refractivity contribution in [2.75, 3.05) is 13.1 Å². The highest BCUT2D eigenvalue weighted by molar-refractivity contribution is 5.87. The molecular weight excluding hydrogens is 194 g/mol. The summed E-state index contributed by atoms with van der Waals surface area (Å²) in [4.78, 5) is 24.1. The predicted octanol–water partition coefficient (Wildman–Crippen LogP) is -0.552. The van der Waals surface area contributed by atoms with Crippen LogP contribution in [0.2, 0.25) is 0 Å². The fourth-order valence-corrected chi connectivity index (χ4v) is 1.84. The van der Waals surface area contributed by atoms with Crippen LogP contribution in [0.5, 0.6) is 0 Å². The maximum atomic E-state index is 11.8. The maximum absolute atomic E-state index is 11.8. The Kier molecular flexibility index (Phi) is 3.34. The van der Waals surface area contributed by atoms with Gasteiger partial charge >= 0.3 is 0 Å². The number of nitrogens with two attached hydrogens (primary N) is 2. The molecule has 0 aromatic carbocycles. The first-order valence-electron chi connectivity index (χ1n) is 5.14. The summed E-state index contributed by atoms with van der Waals surface area (Å²) in [5.74, 6) is -0.700. The van der Waals surface area contributed by atoms with Crippen molar-refractivity contribution in [2.45, 2.75) is 32.7 Å². The van der Waals surface area contributed by atoms with E-state index in [0.717, 1.165) is 13.0 Å². The third kappa shape index (κ3) is 3.20. The number of nitrogens with zero attached hydrogens (tertiary/aromatic N) is 1. The minimum atomic E-state index is -0.781. The van der Waals surface area contributed by atoms with Gasteiger partial charge in [0.15, 0.2) is 0 Å². The molecule has 0 bridgehead atoms. The summed E-state index contributed by atoms with van der Waals surface area (Å²) < 4.78 is 0. The van der Waals surface area contributed by atoms with Crippen LogP contribution in [0.1, 0.15) is 26.7 Å². The van der Waals surface area contributed by atoms with Gasteiger partial charge in [0.1, 0.15) is 0 Å². The van der Waals surface area contributed by atoms with E-state index in [2.05, 4.69) is 13.8 Å². The van der Waals surface area contributed by atoms with E-state index in [1.807, 2.05) is 0 Å².